The molecule has 1 amide bonds. The average molecular weight is 230 g/mol. The van der Waals surface area contributed by atoms with E-state index in [1.807, 2.05) is 31.2 Å². The smallest absolute Gasteiger partial charge is 0.253 e. The summed E-state index contributed by atoms with van der Waals surface area (Å²) in [6.07, 6.45) is 1.99. The van der Waals surface area contributed by atoms with Crippen LogP contribution in [0.2, 0.25) is 0 Å². The standard InChI is InChI=1S/C14H18N2O/c1-10-7-8-15-14(17)12-5-3-4-6-13(12)16-11(2)9-10/h3-6,10H,7-9H2,1-2H3,(H,15,17)/b16-11+. The summed E-state index contributed by atoms with van der Waals surface area (Å²) in [5.41, 5.74) is 2.54. The normalized spacial score (nSPS) is 24.2. The molecule has 0 saturated carbocycles. The van der Waals surface area contributed by atoms with Crippen molar-refractivity contribution in [1.29, 1.82) is 0 Å². The van der Waals surface area contributed by atoms with Gasteiger partial charge in [-0.25, -0.2) is 0 Å². The molecule has 90 valence electrons. The van der Waals surface area contributed by atoms with Gasteiger partial charge in [-0.1, -0.05) is 19.1 Å². The first kappa shape index (κ1) is 11.8. The third-order valence-corrected chi connectivity index (χ3v) is 3.03. The predicted octanol–water partition coefficient (Wildman–Crippen LogP) is 2.94. The highest BCUT2D eigenvalue weighted by molar-refractivity contribution is 6.00. The molecule has 1 unspecified atom stereocenters. The molecular formula is C14H18N2O. The lowest BCUT2D eigenvalue weighted by atomic mass is 10.00. The van der Waals surface area contributed by atoms with Crippen molar-refractivity contribution in [1.82, 2.24) is 5.32 Å². The van der Waals surface area contributed by atoms with Gasteiger partial charge in [-0.05, 0) is 37.8 Å². The van der Waals surface area contributed by atoms with Crippen molar-refractivity contribution < 1.29 is 4.79 Å². The number of carbonyl (C=O) groups is 1. The van der Waals surface area contributed by atoms with E-state index >= 15 is 0 Å². The number of hydrogen-bond acceptors (Lipinski definition) is 2. The lowest BCUT2D eigenvalue weighted by molar-refractivity contribution is 0.0952. The fraction of sp³-hybridized carbons (Fsp3) is 0.429. The maximum absolute atomic E-state index is 12.0. The quantitative estimate of drug-likeness (QED) is 0.731. The van der Waals surface area contributed by atoms with Crippen molar-refractivity contribution in [3.8, 4) is 0 Å². The number of carbonyl (C=O) groups excluding carboxylic acids is 1. The number of aliphatic imine (C=N–C) groups is 1. The Kier molecular flexibility index (Phi) is 3.57. The van der Waals surface area contributed by atoms with E-state index in [0.717, 1.165) is 30.8 Å². The molecule has 1 N–H and O–H groups in total. The van der Waals surface area contributed by atoms with Gasteiger partial charge in [0.05, 0.1) is 11.3 Å². The van der Waals surface area contributed by atoms with Gasteiger partial charge < -0.3 is 5.32 Å². The van der Waals surface area contributed by atoms with E-state index in [4.69, 9.17) is 0 Å². The molecule has 1 aromatic rings. The van der Waals surface area contributed by atoms with Gasteiger partial charge in [-0.2, -0.15) is 0 Å². The molecule has 3 heteroatoms. The third kappa shape index (κ3) is 2.93. The van der Waals surface area contributed by atoms with Crippen molar-refractivity contribution in [2.24, 2.45) is 10.9 Å². The Morgan fingerprint density at radius 1 is 1.35 bits per heavy atom. The van der Waals surface area contributed by atoms with E-state index in [1.165, 1.54) is 0 Å². The van der Waals surface area contributed by atoms with Crippen LogP contribution in [0.1, 0.15) is 37.0 Å². The molecule has 1 aromatic carbocycles. The molecule has 1 heterocycles. The van der Waals surface area contributed by atoms with Crippen LogP contribution in [0.25, 0.3) is 0 Å². The number of rotatable bonds is 0. The second-order valence-corrected chi connectivity index (χ2v) is 4.72. The van der Waals surface area contributed by atoms with Crippen LogP contribution in [0.15, 0.2) is 29.3 Å². The zero-order valence-corrected chi connectivity index (χ0v) is 10.4. The van der Waals surface area contributed by atoms with Gasteiger partial charge in [0.15, 0.2) is 0 Å². The van der Waals surface area contributed by atoms with Crippen molar-refractivity contribution in [3.05, 3.63) is 29.8 Å². The molecule has 17 heavy (non-hydrogen) atoms. The zero-order valence-electron chi connectivity index (χ0n) is 10.4. The van der Waals surface area contributed by atoms with E-state index in [1.54, 1.807) is 0 Å². The summed E-state index contributed by atoms with van der Waals surface area (Å²) in [6, 6.07) is 7.51. The number of hydrogen-bond donors (Lipinski definition) is 1. The molecule has 0 saturated heterocycles. The van der Waals surface area contributed by atoms with Crippen molar-refractivity contribution in [3.63, 3.8) is 0 Å². The number of benzene rings is 1. The van der Waals surface area contributed by atoms with Gasteiger partial charge in [0.1, 0.15) is 0 Å². The fourth-order valence-corrected chi connectivity index (χ4v) is 2.15. The largest absolute Gasteiger partial charge is 0.352 e. The van der Waals surface area contributed by atoms with Crippen molar-refractivity contribution >= 4 is 17.3 Å². The van der Waals surface area contributed by atoms with Gasteiger partial charge in [0, 0.05) is 12.3 Å². The SMILES string of the molecule is C/C1=N\c2ccccc2C(=O)NCCC(C)C1. The molecule has 0 aliphatic carbocycles. The summed E-state index contributed by atoms with van der Waals surface area (Å²) < 4.78 is 0. The van der Waals surface area contributed by atoms with Crippen LogP contribution < -0.4 is 5.32 Å². The molecule has 1 aliphatic rings. The number of nitrogens with one attached hydrogen (secondary N) is 1. The van der Waals surface area contributed by atoms with E-state index in [-0.39, 0.29) is 5.91 Å². The number of amides is 1. The van der Waals surface area contributed by atoms with E-state index in [0.29, 0.717) is 11.5 Å². The highest BCUT2D eigenvalue weighted by Gasteiger charge is 2.13. The van der Waals surface area contributed by atoms with E-state index in [2.05, 4.69) is 17.2 Å². The molecule has 1 atom stereocenters. The highest BCUT2D eigenvalue weighted by atomic mass is 16.1. The number of nitrogens with zero attached hydrogens (tertiary/aromatic N) is 1. The molecule has 2 rings (SSSR count). The first-order chi connectivity index (χ1) is 8.16. The van der Waals surface area contributed by atoms with Crippen LogP contribution in [0, 0.1) is 5.92 Å². The van der Waals surface area contributed by atoms with Crippen molar-refractivity contribution in [2.45, 2.75) is 26.7 Å². The fourth-order valence-electron chi connectivity index (χ4n) is 2.15. The number of fused-ring (bicyclic) bond motifs is 1. The Bertz CT molecular complexity index is 451. The molecule has 0 spiro atoms. The number of para-hydroxylation sites is 1. The molecule has 1 aliphatic heterocycles. The second kappa shape index (κ2) is 5.13. The Hall–Kier alpha value is -1.64. The van der Waals surface area contributed by atoms with E-state index in [9.17, 15) is 4.79 Å². The minimum absolute atomic E-state index is 0.0220. The second-order valence-electron chi connectivity index (χ2n) is 4.72. The Morgan fingerprint density at radius 2 is 2.12 bits per heavy atom. The van der Waals surface area contributed by atoms with Crippen LogP contribution in [0.5, 0.6) is 0 Å². The summed E-state index contributed by atoms with van der Waals surface area (Å²) in [4.78, 5) is 16.5. The third-order valence-electron chi connectivity index (χ3n) is 3.03. The molecular weight excluding hydrogens is 212 g/mol. The predicted molar refractivity (Wildman–Crippen MR) is 69.9 cm³/mol. The average Bonchev–Trinajstić information content (AvgIpc) is 2.28. The summed E-state index contributed by atoms with van der Waals surface area (Å²) in [5, 5.41) is 2.95. The molecule has 0 aromatic heterocycles. The van der Waals surface area contributed by atoms with Crippen LogP contribution in [-0.4, -0.2) is 18.2 Å². The minimum atomic E-state index is -0.0220. The first-order valence-electron chi connectivity index (χ1n) is 6.08. The van der Waals surface area contributed by atoms with Crippen LogP contribution in [-0.2, 0) is 0 Å². The molecule has 0 radical (unpaired) electrons. The van der Waals surface area contributed by atoms with Crippen molar-refractivity contribution in [2.75, 3.05) is 6.54 Å². The van der Waals surface area contributed by atoms with Gasteiger partial charge in [-0.3, -0.25) is 9.79 Å². The van der Waals surface area contributed by atoms with E-state index < -0.39 is 0 Å². The Labute approximate surface area is 102 Å². The zero-order chi connectivity index (χ0) is 12.3. The first-order valence-corrected chi connectivity index (χ1v) is 6.08. The lowest BCUT2D eigenvalue weighted by Crippen LogP contribution is -2.26. The van der Waals surface area contributed by atoms with Gasteiger partial charge in [0.25, 0.3) is 5.91 Å². The van der Waals surface area contributed by atoms with Gasteiger partial charge in [0.2, 0.25) is 0 Å². The summed E-state index contributed by atoms with van der Waals surface area (Å²) in [6.45, 7) is 4.97. The summed E-state index contributed by atoms with van der Waals surface area (Å²) in [7, 11) is 0. The lowest BCUT2D eigenvalue weighted by Gasteiger charge is -2.15. The summed E-state index contributed by atoms with van der Waals surface area (Å²) in [5.74, 6) is 0.538. The topological polar surface area (TPSA) is 41.5 Å². The minimum Gasteiger partial charge on any atom is -0.352 e. The Balaban J connectivity index is 2.40. The van der Waals surface area contributed by atoms with Crippen LogP contribution >= 0.6 is 0 Å². The molecule has 0 fully saturated rings. The van der Waals surface area contributed by atoms with Crippen LogP contribution in [0.3, 0.4) is 0 Å². The highest BCUT2D eigenvalue weighted by Crippen LogP contribution is 2.21. The van der Waals surface area contributed by atoms with Gasteiger partial charge >= 0.3 is 0 Å². The maximum atomic E-state index is 12.0. The Morgan fingerprint density at radius 3 is 2.94 bits per heavy atom. The van der Waals surface area contributed by atoms with Crippen LogP contribution in [0.4, 0.5) is 5.69 Å². The molecule has 3 nitrogen and oxygen atoms in total. The molecule has 0 bridgehead atoms. The summed E-state index contributed by atoms with van der Waals surface area (Å²) >= 11 is 0. The monoisotopic (exact) mass is 230 g/mol. The maximum Gasteiger partial charge on any atom is 0.253 e. The van der Waals surface area contributed by atoms with Gasteiger partial charge in [-0.15, -0.1) is 0 Å².